The van der Waals surface area contributed by atoms with Crippen molar-refractivity contribution in [2.24, 2.45) is 18.0 Å². The van der Waals surface area contributed by atoms with Crippen molar-refractivity contribution >= 4 is 5.96 Å². The third kappa shape index (κ3) is 5.21. The van der Waals surface area contributed by atoms with E-state index in [9.17, 15) is 4.39 Å². The molecule has 1 aliphatic rings. The number of nitrogens with one attached hydrogen (secondary N) is 1. The summed E-state index contributed by atoms with van der Waals surface area (Å²) in [6.45, 7) is 4.43. The van der Waals surface area contributed by atoms with Crippen LogP contribution in [0.3, 0.4) is 0 Å². The zero-order chi connectivity index (χ0) is 19.2. The molecule has 2 aromatic rings. The van der Waals surface area contributed by atoms with Crippen LogP contribution in [0.5, 0.6) is 5.75 Å². The Labute approximate surface area is 160 Å². The Hall–Kier alpha value is -2.57. The predicted octanol–water partition coefficient (Wildman–Crippen LogP) is 2.47. The molecule has 6 nitrogen and oxygen atoms in total. The first kappa shape index (κ1) is 19.2. The van der Waals surface area contributed by atoms with Crippen molar-refractivity contribution < 1.29 is 9.13 Å². The fourth-order valence-corrected chi connectivity index (χ4v) is 3.47. The number of rotatable bonds is 6. The lowest BCUT2D eigenvalue weighted by Crippen LogP contribution is -2.43. The van der Waals surface area contributed by atoms with Crippen LogP contribution in [-0.2, 0) is 13.5 Å². The van der Waals surface area contributed by atoms with Crippen molar-refractivity contribution in [2.45, 2.75) is 25.9 Å². The minimum Gasteiger partial charge on any atom is -0.486 e. The number of likely N-dealkylation sites (tertiary alicyclic amines) is 1. The maximum absolute atomic E-state index is 13.7. The van der Waals surface area contributed by atoms with Gasteiger partial charge in [-0.25, -0.2) is 4.39 Å². The molecule has 2 unspecified atom stereocenters. The molecular formula is C20H28FN5O. The summed E-state index contributed by atoms with van der Waals surface area (Å²) in [7, 11) is 3.74. The second-order valence-electron chi connectivity index (χ2n) is 7.11. The summed E-state index contributed by atoms with van der Waals surface area (Å²) in [5.74, 6) is 1.40. The molecule has 0 spiro atoms. The molecule has 0 bridgehead atoms. The number of nitrogens with zero attached hydrogens (tertiary/aromatic N) is 4. The SMILES string of the molecule is CN=C(NCC(C)Oc1ccccc1F)N1CCC(Cc2cnn(C)c2)C1. The molecule has 0 radical (unpaired) electrons. The molecule has 0 saturated carbocycles. The quantitative estimate of drug-likeness (QED) is 0.624. The van der Waals surface area contributed by atoms with Crippen LogP contribution >= 0.6 is 0 Å². The smallest absolute Gasteiger partial charge is 0.193 e. The van der Waals surface area contributed by atoms with E-state index in [0.717, 1.165) is 31.9 Å². The van der Waals surface area contributed by atoms with Crippen molar-refractivity contribution in [1.29, 1.82) is 0 Å². The van der Waals surface area contributed by atoms with E-state index in [0.29, 0.717) is 12.5 Å². The third-order valence-electron chi connectivity index (χ3n) is 4.79. The summed E-state index contributed by atoms with van der Waals surface area (Å²) in [5.41, 5.74) is 1.28. The van der Waals surface area contributed by atoms with Gasteiger partial charge >= 0.3 is 0 Å². The van der Waals surface area contributed by atoms with Gasteiger partial charge in [0.1, 0.15) is 6.10 Å². The maximum Gasteiger partial charge on any atom is 0.193 e. The Morgan fingerprint density at radius 2 is 2.26 bits per heavy atom. The van der Waals surface area contributed by atoms with Gasteiger partial charge in [0.25, 0.3) is 0 Å². The van der Waals surface area contributed by atoms with E-state index in [4.69, 9.17) is 4.74 Å². The zero-order valence-electron chi connectivity index (χ0n) is 16.2. The van der Waals surface area contributed by atoms with Gasteiger partial charge in [-0.05, 0) is 43.4 Å². The molecule has 0 aliphatic carbocycles. The molecule has 0 amide bonds. The molecule has 1 fully saturated rings. The highest BCUT2D eigenvalue weighted by Crippen LogP contribution is 2.21. The van der Waals surface area contributed by atoms with Crippen molar-refractivity contribution in [1.82, 2.24) is 20.0 Å². The fraction of sp³-hybridized carbons (Fsp3) is 0.500. The molecule has 2 atom stereocenters. The van der Waals surface area contributed by atoms with Crippen LogP contribution < -0.4 is 10.1 Å². The van der Waals surface area contributed by atoms with Crippen LogP contribution in [0.25, 0.3) is 0 Å². The molecule has 7 heteroatoms. The van der Waals surface area contributed by atoms with E-state index in [1.807, 2.05) is 24.9 Å². The first-order chi connectivity index (χ1) is 13.0. The summed E-state index contributed by atoms with van der Waals surface area (Å²) >= 11 is 0. The van der Waals surface area contributed by atoms with Crippen LogP contribution in [0.15, 0.2) is 41.7 Å². The standard InChI is InChI=1S/C20H28FN5O/c1-15(27-19-7-5-4-6-18(19)21)11-23-20(22-2)26-9-8-16(14-26)10-17-12-24-25(3)13-17/h4-7,12-13,15-16H,8-11,14H2,1-3H3,(H,22,23). The van der Waals surface area contributed by atoms with E-state index >= 15 is 0 Å². The van der Waals surface area contributed by atoms with Crippen LogP contribution in [0, 0.1) is 11.7 Å². The summed E-state index contributed by atoms with van der Waals surface area (Å²) in [6, 6.07) is 6.47. The largest absolute Gasteiger partial charge is 0.486 e. The number of ether oxygens (including phenoxy) is 1. The molecule has 1 aromatic heterocycles. The molecule has 1 aliphatic heterocycles. The summed E-state index contributed by atoms with van der Waals surface area (Å²) in [5, 5.41) is 7.60. The Kier molecular flexibility index (Phi) is 6.32. The van der Waals surface area contributed by atoms with Gasteiger partial charge in [0.2, 0.25) is 0 Å². The number of guanidine groups is 1. The van der Waals surface area contributed by atoms with Crippen molar-refractivity contribution in [3.05, 3.63) is 48.0 Å². The predicted molar refractivity (Wildman–Crippen MR) is 104 cm³/mol. The van der Waals surface area contributed by atoms with Crippen LogP contribution in [0.1, 0.15) is 18.9 Å². The lowest BCUT2D eigenvalue weighted by atomic mass is 10.0. The average molecular weight is 373 g/mol. The van der Waals surface area contributed by atoms with Gasteiger partial charge in [-0.15, -0.1) is 0 Å². The van der Waals surface area contributed by atoms with Gasteiger partial charge in [-0.3, -0.25) is 9.67 Å². The minimum atomic E-state index is -0.341. The Balaban J connectivity index is 1.47. The van der Waals surface area contributed by atoms with E-state index in [-0.39, 0.29) is 17.7 Å². The highest BCUT2D eigenvalue weighted by atomic mass is 19.1. The van der Waals surface area contributed by atoms with Crippen molar-refractivity contribution in [3.63, 3.8) is 0 Å². The van der Waals surface area contributed by atoms with Gasteiger partial charge in [0.05, 0.1) is 12.7 Å². The highest BCUT2D eigenvalue weighted by molar-refractivity contribution is 5.80. The number of aliphatic imine (C=N–C) groups is 1. The van der Waals surface area contributed by atoms with Crippen LogP contribution in [0.4, 0.5) is 4.39 Å². The second kappa shape index (κ2) is 8.88. The molecule has 1 aromatic carbocycles. The molecule has 146 valence electrons. The van der Waals surface area contributed by atoms with Gasteiger partial charge in [0, 0.05) is 33.4 Å². The number of aryl methyl sites for hydroxylation is 1. The molecule has 1 N–H and O–H groups in total. The summed E-state index contributed by atoms with van der Waals surface area (Å²) < 4.78 is 21.2. The van der Waals surface area contributed by atoms with Gasteiger partial charge in [0.15, 0.2) is 17.5 Å². The number of aromatic nitrogens is 2. The van der Waals surface area contributed by atoms with E-state index in [1.54, 1.807) is 25.2 Å². The molecule has 1 saturated heterocycles. The van der Waals surface area contributed by atoms with Crippen molar-refractivity contribution in [3.8, 4) is 5.75 Å². The Morgan fingerprint density at radius 3 is 2.96 bits per heavy atom. The third-order valence-corrected chi connectivity index (χ3v) is 4.79. The normalized spacial score (nSPS) is 18.6. The second-order valence-corrected chi connectivity index (χ2v) is 7.11. The molecule has 27 heavy (non-hydrogen) atoms. The molecule has 3 rings (SSSR count). The number of hydrogen-bond donors (Lipinski definition) is 1. The Bertz CT molecular complexity index is 775. The molecule has 2 heterocycles. The lowest BCUT2D eigenvalue weighted by molar-refractivity contribution is 0.212. The zero-order valence-corrected chi connectivity index (χ0v) is 16.2. The summed E-state index contributed by atoms with van der Waals surface area (Å²) in [4.78, 5) is 6.67. The lowest BCUT2D eigenvalue weighted by Gasteiger charge is -2.23. The van der Waals surface area contributed by atoms with Crippen LogP contribution in [0.2, 0.25) is 0 Å². The summed E-state index contributed by atoms with van der Waals surface area (Å²) in [6.07, 6.45) is 6.02. The van der Waals surface area contributed by atoms with Gasteiger partial charge in [-0.2, -0.15) is 5.10 Å². The molecular weight excluding hydrogens is 345 g/mol. The van der Waals surface area contributed by atoms with E-state index in [2.05, 4.69) is 26.5 Å². The number of para-hydroxylation sites is 1. The van der Waals surface area contributed by atoms with Crippen molar-refractivity contribution in [2.75, 3.05) is 26.7 Å². The van der Waals surface area contributed by atoms with E-state index < -0.39 is 0 Å². The Morgan fingerprint density at radius 1 is 1.44 bits per heavy atom. The number of benzene rings is 1. The highest BCUT2D eigenvalue weighted by Gasteiger charge is 2.25. The monoisotopic (exact) mass is 373 g/mol. The average Bonchev–Trinajstić information content (AvgIpc) is 3.27. The number of hydrogen-bond acceptors (Lipinski definition) is 3. The van der Waals surface area contributed by atoms with Gasteiger partial charge in [-0.1, -0.05) is 12.1 Å². The number of halogens is 1. The van der Waals surface area contributed by atoms with Crippen LogP contribution in [-0.4, -0.2) is 53.4 Å². The maximum atomic E-state index is 13.7. The fourth-order valence-electron chi connectivity index (χ4n) is 3.47. The first-order valence-corrected chi connectivity index (χ1v) is 9.39. The van der Waals surface area contributed by atoms with Gasteiger partial charge < -0.3 is 15.0 Å². The first-order valence-electron chi connectivity index (χ1n) is 9.39. The minimum absolute atomic E-state index is 0.174. The van der Waals surface area contributed by atoms with E-state index in [1.165, 1.54) is 11.6 Å². The topological polar surface area (TPSA) is 54.7 Å².